The van der Waals surface area contributed by atoms with Crippen LogP contribution in [0.4, 0.5) is 4.79 Å². The number of carbonyl (C=O) groups is 1. The fraction of sp³-hybridized carbons (Fsp3) is 0.500. The van der Waals surface area contributed by atoms with E-state index in [1.807, 2.05) is 17.0 Å². The molecule has 0 unspecified atom stereocenters. The first-order chi connectivity index (χ1) is 10.9. The molecule has 23 heavy (non-hydrogen) atoms. The lowest BCUT2D eigenvalue weighted by molar-refractivity contribution is 0.188. The van der Waals surface area contributed by atoms with Gasteiger partial charge in [-0.3, -0.25) is 0 Å². The van der Waals surface area contributed by atoms with Gasteiger partial charge in [-0.2, -0.15) is 0 Å². The molecule has 2 heterocycles. The van der Waals surface area contributed by atoms with Crippen LogP contribution in [0, 0.1) is 5.41 Å². The Hall–Kier alpha value is -2.17. The number of amides is 2. The number of ether oxygens (including phenoxy) is 1. The Morgan fingerprint density at radius 3 is 2.87 bits per heavy atom. The zero-order valence-electron chi connectivity index (χ0n) is 14.3. The maximum Gasteiger partial charge on any atom is 0.317 e. The van der Waals surface area contributed by atoms with Crippen molar-refractivity contribution in [3.8, 4) is 5.75 Å². The average molecular weight is 315 g/mol. The molecule has 1 aromatic carbocycles. The number of rotatable bonds is 2. The van der Waals surface area contributed by atoms with Crippen molar-refractivity contribution in [3.05, 3.63) is 29.5 Å². The summed E-state index contributed by atoms with van der Waals surface area (Å²) in [6.45, 7) is 8.40. The number of hydrogen-bond acceptors (Lipinski definition) is 2. The molecule has 1 aliphatic heterocycles. The molecule has 5 heteroatoms. The highest BCUT2D eigenvalue weighted by Crippen LogP contribution is 2.32. The Morgan fingerprint density at radius 2 is 2.17 bits per heavy atom. The monoisotopic (exact) mass is 315 g/mol. The molecule has 3 rings (SSSR count). The normalized spacial score (nSPS) is 14.7. The van der Waals surface area contributed by atoms with Crippen LogP contribution >= 0.6 is 0 Å². The van der Waals surface area contributed by atoms with Gasteiger partial charge in [0.1, 0.15) is 5.75 Å². The third-order valence-electron chi connectivity index (χ3n) is 4.25. The number of para-hydroxylation sites is 1. The summed E-state index contributed by atoms with van der Waals surface area (Å²) in [5.41, 5.74) is 3.53. The molecule has 5 nitrogen and oxygen atoms in total. The number of nitrogens with one attached hydrogen (secondary N) is 2. The highest BCUT2D eigenvalue weighted by atomic mass is 16.5. The number of aromatic nitrogens is 1. The van der Waals surface area contributed by atoms with E-state index in [4.69, 9.17) is 4.74 Å². The van der Waals surface area contributed by atoms with Crippen LogP contribution in [0.15, 0.2) is 18.2 Å². The highest BCUT2D eigenvalue weighted by Gasteiger charge is 2.25. The zero-order chi connectivity index (χ0) is 16.6. The van der Waals surface area contributed by atoms with Crippen LogP contribution in [0.1, 0.15) is 32.0 Å². The number of hydrogen-bond donors (Lipinski definition) is 2. The van der Waals surface area contributed by atoms with Crippen molar-refractivity contribution in [2.24, 2.45) is 5.41 Å². The van der Waals surface area contributed by atoms with E-state index >= 15 is 0 Å². The predicted octanol–water partition coefficient (Wildman–Crippen LogP) is 3.29. The minimum absolute atomic E-state index is 0.0165. The Bertz CT molecular complexity index is 728. The van der Waals surface area contributed by atoms with Crippen molar-refractivity contribution in [3.63, 3.8) is 0 Å². The Balaban J connectivity index is 1.82. The van der Waals surface area contributed by atoms with Crippen LogP contribution in [-0.4, -0.2) is 36.1 Å². The van der Waals surface area contributed by atoms with Crippen LogP contribution in [-0.2, 0) is 13.0 Å². The molecule has 0 fully saturated rings. The van der Waals surface area contributed by atoms with Gasteiger partial charge < -0.3 is 19.9 Å². The van der Waals surface area contributed by atoms with E-state index in [-0.39, 0.29) is 11.4 Å². The minimum Gasteiger partial charge on any atom is -0.495 e. The van der Waals surface area contributed by atoms with Crippen molar-refractivity contribution < 1.29 is 9.53 Å². The standard InChI is InChI=1S/C18H25N3O2/c1-18(2,3)11-19-17(22)21-9-8-14-13(10-21)12-6-5-7-15(23-4)16(12)20-14/h5-7,20H,8-11H2,1-4H3,(H,19,22). The van der Waals surface area contributed by atoms with Crippen molar-refractivity contribution >= 4 is 16.9 Å². The average Bonchev–Trinajstić information content (AvgIpc) is 2.89. The molecule has 0 atom stereocenters. The van der Waals surface area contributed by atoms with E-state index in [1.54, 1.807) is 7.11 Å². The lowest BCUT2D eigenvalue weighted by Crippen LogP contribution is -2.45. The molecule has 0 saturated heterocycles. The van der Waals surface area contributed by atoms with Crippen molar-refractivity contribution in [2.75, 3.05) is 20.2 Å². The fourth-order valence-electron chi connectivity index (χ4n) is 3.01. The Kier molecular flexibility index (Phi) is 3.96. The molecular formula is C18H25N3O2. The predicted molar refractivity (Wildman–Crippen MR) is 91.8 cm³/mol. The smallest absolute Gasteiger partial charge is 0.317 e. The molecule has 0 saturated carbocycles. The first-order valence-electron chi connectivity index (χ1n) is 8.08. The summed E-state index contributed by atoms with van der Waals surface area (Å²) >= 11 is 0. The molecule has 1 aromatic heterocycles. The lowest BCUT2D eigenvalue weighted by Gasteiger charge is -2.29. The number of nitrogens with zero attached hydrogens (tertiary/aromatic N) is 1. The molecule has 2 N–H and O–H groups in total. The first kappa shape index (κ1) is 15.7. The SMILES string of the molecule is COc1cccc2c3c([nH]c12)CCN(C(=O)NCC(C)(C)C)C3. The number of fused-ring (bicyclic) bond motifs is 3. The van der Waals surface area contributed by atoms with Gasteiger partial charge in [-0.05, 0) is 11.5 Å². The van der Waals surface area contributed by atoms with Crippen LogP contribution in [0.5, 0.6) is 5.75 Å². The van der Waals surface area contributed by atoms with Crippen LogP contribution < -0.4 is 10.1 Å². The number of methoxy groups -OCH3 is 1. The lowest BCUT2D eigenvalue weighted by atomic mass is 9.97. The van der Waals surface area contributed by atoms with E-state index in [1.165, 1.54) is 11.3 Å². The number of benzene rings is 1. The Morgan fingerprint density at radius 1 is 1.39 bits per heavy atom. The largest absolute Gasteiger partial charge is 0.495 e. The molecular weight excluding hydrogens is 290 g/mol. The van der Waals surface area contributed by atoms with Crippen molar-refractivity contribution in [1.82, 2.24) is 15.2 Å². The summed E-state index contributed by atoms with van der Waals surface area (Å²) in [6.07, 6.45) is 0.843. The van der Waals surface area contributed by atoms with E-state index in [2.05, 4.69) is 37.1 Å². The van der Waals surface area contributed by atoms with Gasteiger partial charge in [0.15, 0.2) is 0 Å². The first-order valence-corrected chi connectivity index (χ1v) is 8.08. The highest BCUT2D eigenvalue weighted by molar-refractivity contribution is 5.90. The molecule has 2 aromatic rings. The van der Waals surface area contributed by atoms with Gasteiger partial charge in [-0.15, -0.1) is 0 Å². The Labute approximate surface area is 137 Å². The number of carbonyl (C=O) groups excluding carboxylic acids is 1. The van der Waals surface area contributed by atoms with Gasteiger partial charge in [-0.1, -0.05) is 32.9 Å². The zero-order valence-corrected chi connectivity index (χ0v) is 14.3. The third kappa shape index (κ3) is 3.14. The molecule has 2 amide bonds. The maximum atomic E-state index is 12.4. The van der Waals surface area contributed by atoms with Crippen LogP contribution in [0.3, 0.4) is 0 Å². The van der Waals surface area contributed by atoms with E-state index in [0.29, 0.717) is 13.1 Å². The number of urea groups is 1. The summed E-state index contributed by atoms with van der Waals surface area (Å²) in [7, 11) is 1.68. The van der Waals surface area contributed by atoms with Gasteiger partial charge in [0.05, 0.1) is 12.6 Å². The maximum absolute atomic E-state index is 12.4. The van der Waals surface area contributed by atoms with Crippen LogP contribution in [0.2, 0.25) is 0 Å². The second kappa shape index (κ2) is 5.80. The molecule has 0 bridgehead atoms. The fourth-order valence-corrected chi connectivity index (χ4v) is 3.01. The molecule has 0 radical (unpaired) electrons. The number of aromatic amines is 1. The van der Waals surface area contributed by atoms with Gasteiger partial charge >= 0.3 is 6.03 Å². The molecule has 0 aliphatic carbocycles. The van der Waals surface area contributed by atoms with Crippen molar-refractivity contribution in [2.45, 2.75) is 33.7 Å². The molecule has 0 spiro atoms. The van der Waals surface area contributed by atoms with E-state index in [0.717, 1.165) is 29.6 Å². The summed E-state index contributed by atoms with van der Waals surface area (Å²) in [4.78, 5) is 17.8. The minimum atomic E-state index is 0.0165. The quantitative estimate of drug-likeness (QED) is 0.893. The van der Waals surface area contributed by atoms with Gasteiger partial charge in [0.25, 0.3) is 0 Å². The van der Waals surface area contributed by atoms with Crippen molar-refractivity contribution in [1.29, 1.82) is 0 Å². The van der Waals surface area contributed by atoms with E-state index < -0.39 is 0 Å². The second-order valence-corrected chi connectivity index (χ2v) is 7.36. The third-order valence-corrected chi connectivity index (χ3v) is 4.25. The summed E-state index contributed by atoms with van der Waals surface area (Å²) in [5.74, 6) is 0.848. The summed E-state index contributed by atoms with van der Waals surface area (Å²) in [5, 5.41) is 4.18. The topological polar surface area (TPSA) is 57.4 Å². The van der Waals surface area contributed by atoms with E-state index in [9.17, 15) is 4.79 Å². The summed E-state index contributed by atoms with van der Waals surface area (Å²) in [6, 6.07) is 6.05. The van der Waals surface area contributed by atoms with Crippen LogP contribution in [0.25, 0.3) is 10.9 Å². The molecule has 1 aliphatic rings. The summed E-state index contributed by atoms with van der Waals surface area (Å²) < 4.78 is 5.43. The van der Waals surface area contributed by atoms with Gasteiger partial charge in [0.2, 0.25) is 0 Å². The second-order valence-electron chi connectivity index (χ2n) is 7.36. The molecule has 124 valence electrons. The number of H-pyrrole nitrogens is 1. The van der Waals surface area contributed by atoms with Gasteiger partial charge in [-0.25, -0.2) is 4.79 Å². The van der Waals surface area contributed by atoms with Gasteiger partial charge in [0, 0.05) is 42.7 Å².